The van der Waals surface area contributed by atoms with Crippen LogP contribution in [0.4, 0.5) is 17.1 Å². The molecule has 1 aromatic carbocycles. The molecule has 0 saturated carbocycles. The molecular formula is C13H12ClN5O5. The van der Waals surface area contributed by atoms with Crippen LogP contribution < -0.4 is 5.32 Å². The lowest BCUT2D eigenvalue weighted by Gasteiger charge is -2.07. The molecule has 0 fully saturated rings. The zero-order valence-corrected chi connectivity index (χ0v) is 13.4. The lowest BCUT2D eigenvalue weighted by Crippen LogP contribution is -2.21. The van der Waals surface area contributed by atoms with Gasteiger partial charge in [0.15, 0.2) is 0 Å². The fraction of sp³-hybridized carbons (Fsp3) is 0.231. The van der Waals surface area contributed by atoms with Gasteiger partial charge in [-0.15, -0.1) is 0 Å². The summed E-state index contributed by atoms with van der Waals surface area (Å²) in [5, 5.41) is 28.4. The summed E-state index contributed by atoms with van der Waals surface area (Å²) in [6.45, 7) is 2.61. The molecule has 0 aliphatic heterocycles. The maximum absolute atomic E-state index is 12.1. The fourth-order valence-electron chi connectivity index (χ4n) is 2.19. The van der Waals surface area contributed by atoms with Crippen LogP contribution in [0.2, 0.25) is 5.02 Å². The minimum absolute atomic E-state index is 0.0227. The number of aromatic nitrogens is 2. The first-order valence-corrected chi connectivity index (χ1v) is 7.00. The summed E-state index contributed by atoms with van der Waals surface area (Å²) < 4.78 is 1.17. The number of carbonyl (C=O) groups excluding carboxylic acids is 1. The lowest BCUT2D eigenvalue weighted by atomic mass is 10.2. The highest BCUT2D eigenvalue weighted by molar-refractivity contribution is 6.31. The van der Waals surface area contributed by atoms with E-state index in [4.69, 9.17) is 11.6 Å². The summed E-state index contributed by atoms with van der Waals surface area (Å²) in [6, 6.07) is 3.83. The predicted molar refractivity (Wildman–Crippen MR) is 85.1 cm³/mol. The Labute approximate surface area is 140 Å². The highest BCUT2D eigenvalue weighted by atomic mass is 35.5. The van der Waals surface area contributed by atoms with Crippen molar-refractivity contribution in [2.75, 3.05) is 5.32 Å². The van der Waals surface area contributed by atoms with E-state index in [9.17, 15) is 25.0 Å². The van der Waals surface area contributed by atoms with Crippen molar-refractivity contribution >= 4 is 34.6 Å². The second kappa shape index (κ2) is 6.62. The number of nitro groups is 2. The molecule has 24 heavy (non-hydrogen) atoms. The van der Waals surface area contributed by atoms with E-state index in [-0.39, 0.29) is 40.0 Å². The number of hydrogen-bond donors (Lipinski definition) is 1. The second-order valence-electron chi connectivity index (χ2n) is 4.90. The molecule has 1 heterocycles. The normalized spacial score (nSPS) is 10.5. The number of nitrogens with zero attached hydrogens (tertiary/aromatic N) is 4. The Bertz CT molecular complexity index is 848. The third kappa shape index (κ3) is 3.49. The molecule has 10 nitrogen and oxygen atoms in total. The van der Waals surface area contributed by atoms with Gasteiger partial charge < -0.3 is 5.32 Å². The molecule has 0 unspecified atom stereocenters. The van der Waals surface area contributed by atoms with Crippen molar-refractivity contribution in [2.45, 2.75) is 20.4 Å². The van der Waals surface area contributed by atoms with E-state index in [0.29, 0.717) is 0 Å². The van der Waals surface area contributed by atoms with Gasteiger partial charge in [0.1, 0.15) is 23.6 Å². The Balaban J connectivity index is 2.22. The van der Waals surface area contributed by atoms with E-state index in [1.807, 2.05) is 0 Å². The Morgan fingerprint density at radius 2 is 1.96 bits per heavy atom. The first-order valence-electron chi connectivity index (χ1n) is 6.63. The van der Waals surface area contributed by atoms with Gasteiger partial charge in [-0.25, -0.2) is 0 Å². The molecule has 0 aliphatic rings. The quantitative estimate of drug-likeness (QED) is 0.648. The smallest absolute Gasteiger partial charge is 0.312 e. The van der Waals surface area contributed by atoms with E-state index < -0.39 is 15.8 Å². The first-order chi connectivity index (χ1) is 11.2. The SMILES string of the molecule is Cc1nn(CC(=O)Nc2ccc(Cl)cc2[N+](=O)[O-])c(C)c1[N+](=O)[O-]. The zero-order valence-electron chi connectivity index (χ0n) is 12.6. The number of nitro benzene ring substituents is 1. The summed E-state index contributed by atoms with van der Waals surface area (Å²) in [7, 11) is 0. The van der Waals surface area contributed by atoms with Gasteiger partial charge in [0.05, 0.1) is 9.85 Å². The summed E-state index contributed by atoms with van der Waals surface area (Å²) in [5.41, 5.74) is -0.137. The van der Waals surface area contributed by atoms with Crippen LogP contribution in [0.3, 0.4) is 0 Å². The predicted octanol–water partition coefficient (Wildman–Crippen LogP) is 2.61. The zero-order chi connectivity index (χ0) is 18.0. The number of anilines is 1. The van der Waals surface area contributed by atoms with Crippen molar-refractivity contribution in [3.63, 3.8) is 0 Å². The molecule has 1 amide bonds. The molecular weight excluding hydrogens is 342 g/mol. The number of carbonyl (C=O) groups is 1. The molecule has 0 saturated heterocycles. The molecule has 0 aliphatic carbocycles. The van der Waals surface area contributed by atoms with Crippen LogP contribution in [0.1, 0.15) is 11.4 Å². The summed E-state index contributed by atoms with van der Waals surface area (Å²) in [5.74, 6) is -0.610. The van der Waals surface area contributed by atoms with E-state index in [1.54, 1.807) is 0 Å². The first kappa shape index (κ1) is 17.3. The number of hydrogen-bond acceptors (Lipinski definition) is 6. The topological polar surface area (TPSA) is 133 Å². The molecule has 2 rings (SSSR count). The molecule has 1 N–H and O–H groups in total. The van der Waals surface area contributed by atoms with Gasteiger partial charge >= 0.3 is 5.69 Å². The number of amides is 1. The average molecular weight is 354 g/mol. The van der Waals surface area contributed by atoms with Gasteiger partial charge in [-0.3, -0.25) is 29.7 Å². The molecule has 0 radical (unpaired) electrons. The lowest BCUT2D eigenvalue weighted by molar-refractivity contribution is -0.386. The number of halogens is 1. The average Bonchev–Trinajstić information content (AvgIpc) is 2.74. The van der Waals surface area contributed by atoms with E-state index in [0.717, 1.165) is 6.07 Å². The minimum Gasteiger partial charge on any atom is -0.319 e. The van der Waals surface area contributed by atoms with Gasteiger partial charge in [-0.1, -0.05) is 11.6 Å². The molecule has 0 spiro atoms. The summed E-state index contributed by atoms with van der Waals surface area (Å²) >= 11 is 5.70. The molecule has 0 bridgehead atoms. The van der Waals surface area contributed by atoms with E-state index in [2.05, 4.69) is 10.4 Å². The number of nitrogens with one attached hydrogen (secondary N) is 1. The van der Waals surface area contributed by atoms with Crippen molar-refractivity contribution in [3.8, 4) is 0 Å². The van der Waals surface area contributed by atoms with Crippen molar-refractivity contribution in [1.29, 1.82) is 0 Å². The molecule has 126 valence electrons. The van der Waals surface area contributed by atoms with Crippen LogP contribution in [-0.4, -0.2) is 25.5 Å². The van der Waals surface area contributed by atoms with Gasteiger partial charge in [-0.05, 0) is 26.0 Å². The van der Waals surface area contributed by atoms with Gasteiger partial charge in [0.2, 0.25) is 5.91 Å². The van der Waals surface area contributed by atoms with Crippen molar-refractivity contribution in [3.05, 3.63) is 54.8 Å². The van der Waals surface area contributed by atoms with Crippen LogP contribution in [0.5, 0.6) is 0 Å². The minimum atomic E-state index is -0.671. The van der Waals surface area contributed by atoms with Crippen molar-refractivity contribution < 1.29 is 14.6 Å². The van der Waals surface area contributed by atoms with Crippen LogP contribution >= 0.6 is 11.6 Å². The van der Waals surface area contributed by atoms with Gasteiger partial charge in [0.25, 0.3) is 5.69 Å². The third-order valence-electron chi connectivity index (χ3n) is 3.25. The Kier molecular flexibility index (Phi) is 4.79. The standard InChI is InChI=1S/C13H12ClN5O5/c1-7-13(19(23)24)8(2)17(16-7)6-12(20)15-10-4-3-9(14)5-11(10)18(21)22/h3-5H,6H2,1-2H3,(H,15,20). The van der Waals surface area contributed by atoms with Gasteiger partial charge in [0, 0.05) is 11.1 Å². The highest BCUT2D eigenvalue weighted by Crippen LogP contribution is 2.28. The molecule has 1 aromatic heterocycles. The Morgan fingerprint density at radius 1 is 1.29 bits per heavy atom. The van der Waals surface area contributed by atoms with Gasteiger partial charge in [-0.2, -0.15) is 5.10 Å². The van der Waals surface area contributed by atoms with E-state index in [1.165, 1.54) is 30.7 Å². The largest absolute Gasteiger partial charge is 0.319 e. The summed E-state index contributed by atoms with van der Waals surface area (Å²) in [4.78, 5) is 32.8. The van der Waals surface area contributed by atoms with Crippen LogP contribution in [0.15, 0.2) is 18.2 Å². The molecule has 11 heteroatoms. The van der Waals surface area contributed by atoms with Crippen LogP contribution in [-0.2, 0) is 11.3 Å². The fourth-order valence-corrected chi connectivity index (χ4v) is 2.36. The van der Waals surface area contributed by atoms with Crippen LogP contribution in [0, 0.1) is 34.1 Å². The molecule has 0 atom stereocenters. The maximum Gasteiger partial charge on any atom is 0.312 e. The van der Waals surface area contributed by atoms with Crippen molar-refractivity contribution in [1.82, 2.24) is 9.78 Å². The second-order valence-corrected chi connectivity index (χ2v) is 5.34. The summed E-state index contributed by atoms with van der Waals surface area (Å²) in [6.07, 6.45) is 0. The monoisotopic (exact) mass is 353 g/mol. The number of aryl methyl sites for hydroxylation is 1. The Hall–Kier alpha value is -3.01. The Morgan fingerprint density at radius 3 is 2.50 bits per heavy atom. The van der Waals surface area contributed by atoms with Crippen LogP contribution in [0.25, 0.3) is 0 Å². The third-order valence-corrected chi connectivity index (χ3v) is 3.48. The number of benzene rings is 1. The maximum atomic E-state index is 12.1. The number of rotatable bonds is 5. The highest BCUT2D eigenvalue weighted by Gasteiger charge is 2.23. The van der Waals surface area contributed by atoms with E-state index >= 15 is 0 Å². The molecule has 2 aromatic rings. The van der Waals surface area contributed by atoms with Crippen molar-refractivity contribution in [2.24, 2.45) is 0 Å².